The van der Waals surface area contributed by atoms with Crippen molar-refractivity contribution in [3.63, 3.8) is 0 Å². The first-order valence-corrected chi connectivity index (χ1v) is 8.16. The topological polar surface area (TPSA) is 69.2 Å². The van der Waals surface area contributed by atoms with Crippen LogP contribution in [-0.4, -0.2) is 79.8 Å². The Morgan fingerprint density at radius 3 is 2.57 bits per heavy atom. The monoisotopic (exact) mass is 439 g/mol. The van der Waals surface area contributed by atoms with Crippen LogP contribution in [0.25, 0.3) is 0 Å². The second-order valence-electron chi connectivity index (χ2n) is 6.75. The van der Waals surface area contributed by atoms with Crippen molar-refractivity contribution < 1.29 is 9.53 Å². The van der Waals surface area contributed by atoms with Crippen LogP contribution in [0.1, 0.15) is 27.2 Å². The molecule has 2 heterocycles. The number of aliphatic imine (C=N–C) groups is 1. The molecule has 1 saturated heterocycles. The van der Waals surface area contributed by atoms with Crippen LogP contribution >= 0.6 is 24.0 Å². The van der Waals surface area contributed by atoms with Gasteiger partial charge in [-0.15, -0.1) is 24.0 Å². The van der Waals surface area contributed by atoms with Gasteiger partial charge in [0, 0.05) is 52.4 Å². The average molecular weight is 439 g/mol. The van der Waals surface area contributed by atoms with Crippen LogP contribution in [0.4, 0.5) is 4.79 Å². The fourth-order valence-corrected chi connectivity index (χ4v) is 2.46. The molecule has 0 saturated carbocycles. The number of piperazine rings is 1. The van der Waals surface area contributed by atoms with Crippen LogP contribution in [0, 0.1) is 0 Å². The molecule has 0 aromatic heterocycles. The molecule has 0 aromatic rings. The molecule has 0 radical (unpaired) electrons. The summed E-state index contributed by atoms with van der Waals surface area (Å²) in [6, 6.07) is 0. The smallest absolute Gasteiger partial charge is 0.410 e. The summed E-state index contributed by atoms with van der Waals surface area (Å²) < 4.78 is 5.41. The first-order valence-electron chi connectivity index (χ1n) is 8.16. The number of ether oxygens (including phenoxy) is 1. The zero-order valence-electron chi connectivity index (χ0n) is 14.4. The van der Waals surface area contributed by atoms with E-state index in [1.807, 2.05) is 20.8 Å². The second kappa shape index (κ2) is 9.51. The Hall–Kier alpha value is -0.770. The lowest BCUT2D eigenvalue weighted by Gasteiger charge is -2.35. The fourth-order valence-electron chi connectivity index (χ4n) is 2.46. The molecule has 7 nitrogen and oxygen atoms in total. The van der Waals surface area contributed by atoms with E-state index in [4.69, 9.17) is 4.74 Å². The number of nitrogens with one attached hydrogen (secondary N) is 2. The van der Waals surface area contributed by atoms with Crippen molar-refractivity contribution in [2.24, 2.45) is 4.99 Å². The molecular formula is C15H30IN5O2. The number of halogens is 1. The van der Waals surface area contributed by atoms with Gasteiger partial charge in [-0.05, 0) is 27.2 Å². The molecule has 23 heavy (non-hydrogen) atoms. The summed E-state index contributed by atoms with van der Waals surface area (Å²) in [5.41, 5.74) is -0.425. The van der Waals surface area contributed by atoms with Crippen LogP contribution < -0.4 is 10.6 Å². The van der Waals surface area contributed by atoms with Gasteiger partial charge in [-0.2, -0.15) is 0 Å². The number of hydrogen-bond donors (Lipinski definition) is 2. The predicted molar refractivity (Wildman–Crippen MR) is 103 cm³/mol. The van der Waals surface area contributed by atoms with E-state index < -0.39 is 5.60 Å². The molecule has 2 rings (SSSR count). The molecule has 2 N–H and O–H groups in total. The van der Waals surface area contributed by atoms with Gasteiger partial charge >= 0.3 is 6.09 Å². The summed E-state index contributed by atoms with van der Waals surface area (Å²) in [7, 11) is 0. The Bertz CT molecular complexity index is 403. The maximum absolute atomic E-state index is 12.0. The fraction of sp³-hybridized carbons (Fsp3) is 0.867. The maximum atomic E-state index is 12.0. The summed E-state index contributed by atoms with van der Waals surface area (Å²) >= 11 is 0. The van der Waals surface area contributed by atoms with E-state index in [0.29, 0.717) is 0 Å². The number of hydrogen-bond acceptors (Lipinski definition) is 6. The summed E-state index contributed by atoms with van der Waals surface area (Å²) in [6.07, 6.45) is 0.906. The SMILES string of the molecule is CC(C)(C)OC(=O)N1CCN(CCNC2=NCCCN2)CC1.I. The molecule has 1 amide bonds. The first-order chi connectivity index (χ1) is 10.4. The zero-order chi connectivity index (χ0) is 16.0. The Morgan fingerprint density at radius 1 is 1.30 bits per heavy atom. The third-order valence-electron chi connectivity index (χ3n) is 3.64. The number of carbonyl (C=O) groups is 1. The van der Waals surface area contributed by atoms with Crippen LogP contribution in [0.15, 0.2) is 4.99 Å². The van der Waals surface area contributed by atoms with Crippen LogP contribution in [-0.2, 0) is 4.74 Å². The number of amides is 1. The van der Waals surface area contributed by atoms with Gasteiger partial charge in [-0.25, -0.2) is 4.79 Å². The lowest BCUT2D eigenvalue weighted by molar-refractivity contribution is 0.0147. The summed E-state index contributed by atoms with van der Waals surface area (Å²) in [5, 5.41) is 6.58. The first kappa shape index (κ1) is 20.3. The van der Waals surface area contributed by atoms with Gasteiger partial charge in [0.2, 0.25) is 0 Å². The van der Waals surface area contributed by atoms with Gasteiger partial charge in [-0.3, -0.25) is 9.89 Å². The number of rotatable bonds is 3. The van der Waals surface area contributed by atoms with Crippen LogP contribution in [0.3, 0.4) is 0 Å². The number of guanidine groups is 1. The Labute approximate surface area is 156 Å². The minimum Gasteiger partial charge on any atom is -0.444 e. The molecule has 0 bridgehead atoms. The van der Waals surface area contributed by atoms with E-state index in [2.05, 4.69) is 20.5 Å². The average Bonchev–Trinajstić information content (AvgIpc) is 2.47. The molecule has 0 atom stereocenters. The van der Waals surface area contributed by atoms with Crippen molar-refractivity contribution in [2.45, 2.75) is 32.8 Å². The lowest BCUT2D eigenvalue weighted by atomic mass is 10.2. The molecular weight excluding hydrogens is 409 g/mol. The molecule has 1 fully saturated rings. The van der Waals surface area contributed by atoms with Gasteiger partial charge in [0.15, 0.2) is 5.96 Å². The van der Waals surface area contributed by atoms with Gasteiger partial charge in [0.25, 0.3) is 0 Å². The minimum atomic E-state index is -0.425. The normalized spacial score (nSPS) is 19.3. The highest BCUT2D eigenvalue weighted by atomic mass is 127. The molecule has 2 aliphatic rings. The van der Waals surface area contributed by atoms with Crippen molar-refractivity contribution >= 4 is 36.0 Å². The molecule has 134 valence electrons. The largest absolute Gasteiger partial charge is 0.444 e. The third kappa shape index (κ3) is 7.56. The quantitative estimate of drug-likeness (QED) is 0.645. The molecule has 8 heteroatoms. The Balaban J connectivity index is 0.00000264. The van der Waals surface area contributed by atoms with E-state index in [-0.39, 0.29) is 30.1 Å². The van der Waals surface area contributed by atoms with Crippen molar-refractivity contribution in [2.75, 3.05) is 52.4 Å². The van der Waals surface area contributed by atoms with Crippen molar-refractivity contribution in [3.8, 4) is 0 Å². The minimum absolute atomic E-state index is 0. The maximum Gasteiger partial charge on any atom is 0.410 e. The highest BCUT2D eigenvalue weighted by Gasteiger charge is 2.25. The zero-order valence-corrected chi connectivity index (χ0v) is 16.8. The second-order valence-corrected chi connectivity index (χ2v) is 6.75. The molecule has 2 aliphatic heterocycles. The highest BCUT2D eigenvalue weighted by molar-refractivity contribution is 14.0. The van der Waals surface area contributed by atoms with Crippen molar-refractivity contribution in [1.82, 2.24) is 20.4 Å². The van der Waals surface area contributed by atoms with E-state index in [1.54, 1.807) is 4.90 Å². The molecule has 0 aromatic carbocycles. The number of carbonyl (C=O) groups excluding carboxylic acids is 1. The summed E-state index contributed by atoms with van der Waals surface area (Å²) in [5.74, 6) is 0.915. The van der Waals surface area contributed by atoms with Gasteiger partial charge in [0.05, 0.1) is 0 Å². The van der Waals surface area contributed by atoms with E-state index >= 15 is 0 Å². The molecule has 0 aliphatic carbocycles. The van der Waals surface area contributed by atoms with Crippen molar-refractivity contribution in [1.29, 1.82) is 0 Å². The Kier molecular flexibility index (Phi) is 8.38. The highest BCUT2D eigenvalue weighted by Crippen LogP contribution is 2.11. The van der Waals surface area contributed by atoms with Crippen LogP contribution in [0.5, 0.6) is 0 Å². The van der Waals surface area contributed by atoms with E-state index in [1.165, 1.54) is 0 Å². The van der Waals surface area contributed by atoms with Gasteiger partial charge < -0.3 is 20.3 Å². The summed E-state index contributed by atoms with van der Waals surface area (Å²) in [4.78, 5) is 20.5. The van der Waals surface area contributed by atoms with Gasteiger partial charge in [0.1, 0.15) is 5.60 Å². The third-order valence-corrected chi connectivity index (χ3v) is 3.64. The van der Waals surface area contributed by atoms with E-state index in [9.17, 15) is 4.79 Å². The molecule has 0 spiro atoms. The number of nitrogens with zero attached hydrogens (tertiary/aromatic N) is 3. The van der Waals surface area contributed by atoms with Gasteiger partial charge in [-0.1, -0.05) is 0 Å². The predicted octanol–water partition coefficient (Wildman–Crippen LogP) is 1.10. The van der Waals surface area contributed by atoms with E-state index in [0.717, 1.165) is 64.7 Å². The summed E-state index contributed by atoms with van der Waals surface area (Å²) in [6.45, 7) is 12.7. The van der Waals surface area contributed by atoms with Crippen LogP contribution in [0.2, 0.25) is 0 Å². The lowest BCUT2D eigenvalue weighted by Crippen LogP contribution is -2.52. The Morgan fingerprint density at radius 2 is 2.00 bits per heavy atom. The van der Waals surface area contributed by atoms with Crippen molar-refractivity contribution in [3.05, 3.63) is 0 Å². The molecule has 0 unspecified atom stereocenters. The standard InChI is InChI=1S/C15H29N5O2.HI/c1-15(2,3)22-14(21)20-11-9-19(10-12-20)8-7-18-13-16-5-4-6-17-13;/h4-12H2,1-3H3,(H2,16,17,18);1H.